The van der Waals surface area contributed by atoms with Crippen LogP contribution in [0.15, 0.2) is 23.6 Å². The molecule has 0 fully saturated rings. The minimum atomic E-state index is -1.01. The van der Waals surface area contributed by atoms with Crippen molar-refractivity contribution in [1.29, 1.82) is 0 Å². The van der Waals surface area contributed by atoms with E-state index in [0.29, 0.717) is 0 Å². The van der Waals surface area contributed by atoms with Gasteiger partial charge in [-0.15, -0.1) is 11.3 Å². The van der Waals surface area contributed by atoms with Crippen molar-refractivity contribution in [1.82, 2.24) is 15.5 Å². The Kier molecular flexibility index (Phi) is 3.89. The summed E-state index contributed by atoms with van der Waals surface area (Å²) in [5.41, 5.74) is -0.0000326. The quantitative estimate of drug-likeness (QED) is 0.785. The predicted molar refractivity (Wildman–Crippen MR) is 75.7 cm³/mol. The Bertz CT molecular complexity index is 617. The molecular formula is C13H15N3O3S. The number of thiophene rings is 1. The third-order valence-corrected chi connectivity index (χ3v) is 3.77. The van der Waals surface area contributed by atoms with Crippen LogP contribution in [0.1, 0.15) is 24.3 Å². The number of aromatic amines is 1. The van der Waals surface area contributed by atoms with Gasteiger partial charge in [-0.2, -0.15) is 5.10 Å². The summed E-state index contributed by atoms with van der Waals surface area (Å²) in [6, 6.07) is 5.48. The number of carboxylic acid groups (broad SMARTS) is 1. The maximum atomic E-state index is 11.9. The Morgan fingerprint density at radius 1 is 1.50 bits per heavy atom. The lowest BCUT2D eigenvalue weighted by molar-refractivity contribution is -0.146. The lowest BCUT2D eigenvalue weighted by Gasteiger charge is -2.18. The van der Waals surface area contributed by atoms with Crippen LogP contribution < -0.4 is 5.32 Å². The predicted octanol–water partition coefficient (Wildman–Crippen LogP) is 1.98. The average molecular weight is 293 g/mol. The first-order valence-corrected chi connectivity index (χ1v) is 6.89. The first-order chi connectivity index (χ1) is 9.40. The molecule has 6 nitrogen and oxygen atoms in total. The zero-order chi connectivity index (χ0) is 14.8. The van der Waals surface area contributed by atoms with Crippen molar-refractivity contribution in [2.24, 2.45) is 5.41 Å². The van der Waals surface area contributed by atoms with Crippen LogP contribution >= 0.6 is 11.3 Å². The van der Waals surface area contributed by atoms with E-state index in [-0.39, 0.29) is 12.2 Å². The van der Waals surface area contributed by atoms with Gasteiger partial charge < -0.3 is 10.4 Å². The molecule has 0 radical (unpaired) electrons. The summed E-state index contributed by atoms with van der Waals surface area (Å²) < 4.78 is 0. The van der Waals surface area contributed by atoms with E-state index in [1.807, 2.05) is 17.5 Å². The SMILES string of the molecule is CC(C)(CNC(=O)c1cc(-c2cccs2)[nH]n1)C(=O)O. The van der Waals surface area contributed by atoms with Crippen LogP contribution in [0.25, 0.3) is 10.6 Å². The van der Waals surface area contributed by atoms with E-state index in [2.05, 4.69) is 15.5 Å². The van der Waals surface area contributed by atoms with E-state index >= 15 is 0 Å². The molecule has 106 valence electrons. The number of rotatable bonds is 5. The molecule has 2 aromatic heterocycles. The van der Waals surface area contributed by atoms with Crippen LogP contribution in [-0.4, -0.2) is 33.7 Å². The Morgan fingerprint density at radius 2 is 2.25 bits per heavy atom. The Labute approximate surface area is 119 Å². The van der Waals surface area contributed by atoms with Gasteiger partial charge in [-0.1, -0.05) is 6.07 Å². The van der Waals surface area contributed by atoms with Crippen molar-refractivity contribution in [2.75, 3.05) is 6.54 Å². The number of aliphatic carboxylic acids is 1. The van der Waals surface area contributed by atoms with Crippen LogP contribution in [-0.2, 0) is 4.79 Å². The van der Waals surface area contributed by atoms with E-state index in [0.717, 1.165) is 10.6 Å². The van der Waals surface area contributed by atoms with E-state index in [1.54, 1.807) is 31.3 Å². The topological polar surface area (TPSA) is 95.1 Å². The first-order valence-electron chi connectivity index (χ1n) is 6.01. The molecule has 0 unspecified atom stereocenters. The van der Waals surface area contributed by atoms with E-state index in [9.17, 15) is 9.59 Å². The molecule has 0 spiro atoms. The van der Waals surface area contributed by atoms with Crippen LogP contribution in [0, 0.1) is 5.41 Å². The van der Waals surface area contributed by atoms with Gasteiger partial charge in [-0.3, -0.25) is 14.7 Å². The number of amides is 1. The Morgan fingerprint density at radius 3 is 2.85 bits per heavy atom. The van der Waals surface area contributed by atoms with E-state index < -0.39 is 17.3 Å². The van der Waals surface area contributed by atoms with Crippen LogP contribution in [0.2, 0.25) is 0 Å². The second kappa shape index (κ2) is 5.46. The highest BCUT2D eigenvalue weighted by molar-refractivity contribution is 7.13. The summed E-state index contributed by atoms with van der Waals surface area (Å²) in [6.45, 7) is 3.15. The number of nitrogens with one attached hydrogen (secondary N) is 2. The molecule has 0 aliphatic heterocycles. The molecule has 3 N–H and O–H groups in total. The maximum absolute atomic E-state index is 11.9. The number of H-pyrrole nitrogens is 1. The molecule has 0 bridgehead atoms. The molecule has 0 saturated heterocycles. The number of carbonyl (C=O) groups excluding carboxylic acids is 1. The maximum Gasteiger partial charge on any atom is 0.310 e. The van der Waals surface area contributed by atoms with Crippen molar-refractivity contribution in [3.05, 3.63) is 29.3 Å². The largest absolute Gasteiger partial charge is 0.481 e. The molecule has 0 aliphatic carbocycles. The van der Waals surface area contributed by atoms with Crippen LogP contribution in [0.4, 0.5) is 0 Å². The van der Waals surface area contributed by atoms with Gasteiger partial charge in [0.1, 0.15) is 0 Å². The second-order valence-electron chi connectivity index (χ2n) is 5.02. The summed E-state index contributed by atoms with van der Waals surface area (Å²) in [7, 11) is 0. The second-order valence-corrected chi connectivity index (χ2v) is 5.96. The lowest BCUT2D eigenvalue weighted by atomic mass is 9.94. The third kappa shape index (κ3) is 3.05. The summed E-state index contributed by atoms with van der Waals surface area (Å²) >= 11 is 1.54. The van der Waals surface area contributed by atoms with Crippen molar-refractivity contribution in [3.8, 4) is 10.6 Å². The highest BCUT2D eigenvalue weighted by atomic mass is 32.1. The molecule has 2 aromatic rings. The number of aromatic nitrogens is 2. The smallest absolute Gasteiger partial charge is 0.310 e. The van der Waals surface area contributed by atoms with Gasteiger partial charge in [0, 0.05) is 6.54 Å². The first kappa shape index (κ1) is 14.3. The minimum Gasteiger partial charge on any atom is -0.481 e. The molecule has 1 amide bonds. The number of nitrogens with zero attached hydrogens (tertiary/aromatic N) is 1. The molecule has 2 rings (SSSR count). The molecule has 0 aromatic carbocycles. The number of carbonyl (C=O) groups is 2. The zero-order valence-corrected chi connectivity index (χ0v) is 12.0. The molecule has 0 saturated carbocycles. The van der Waals surface area contributed by atoms with Crippen LogP contribution in [0.3, 0.4) is 0 Å². The van der Waals surface area contributed by atoms with Gasteiger partial charge in [-0.05, 0) is 31.4 Å². The monoisotopic (exact) mass is 293 g/mol. The Balaban J connectivity index is 2.02. The number of hydrogen-bond acceptors (Lipinski definition) is 4. The fraction of sp³-hybridized carbons (Fsp3) is 0.308. The Hall–Kier alpha value is -2.15. The molecular weight excluding hydrogens is 278 g/mol. The van der Waals surface area contributed by atoms with Crippen molar-refractivity contribution < 1.29 is 14.7 Å². The molecule has 20 heavy (non-hydrogen) atoms. The van der Waals surface area contributed by atoms with Gasteiger partial charge >= 0.3 is 5.97 Å². The number of hydrogen-bond donors (Lipinski definition) is 3. The summed E-state index contributed by atoms with van der Waals surface area (Å²) in [5, 5.41) is 20.2. The van der Waals surface area contributed by atoms with Crippen LogP contribution in [0.5, 0.6) is 0 Å². The van der Waals surface area contributed by atoms with Gasteiger partial charge in [0.15, 0.2) is 5.69 Å². The van der Waals surface area contributed by atoms with Gasteiger partial charge in [0.2, 0.25) is 0 Å². The summed E-state index contributed by atoms with van der Waals surface area (Å²) in [4.78, 5) is 23.9. The fourth-order valence-corrected chi connectivity index (χ4v) is 2.16. The zero-order valence-electron chi connectivity index (χ0n) is 11.1. The molecule has 7 heteroatoms. The lowest BCUT2D eigenvalue weighted by Crippen LogP contribution is -2.39. The van der Waals surface area contributed by atoms with Gasteiger partial charge in [0.05, 0.1) is 16.0 Å². The third-order valence-electron chi connectivity index (χ3n) is 2.87. The normalized spacial score (nSPS) is 11.3. The van der Waals surface area contributed by atoms with E-state index in [1.165, 1.54) is 0 Å². The summed E-state index contributed by atoms with van der Waals surface area (Å²) in [5.74, 6) is -1.35. The van der Waals surface area contributed by atoms with Gasteiger partial charge in [-0.25, -0.2) is 0 Å². The van der Waals surface area contributed by atoms with E-state index in [4.69, 9.17) is 5.11 Å². The average Bonchev–Trinajstić information content (AvgIpc) is 3.05. The van der Waals surface area contributed by atoms with Crippen molar-refractivity contribution in [2.45, 2.75) is 13.8 Å². The fourth-order valence-electron chi connectivity index (χ4n) is 1.46. The van der Waals surface area contributed by atoms with Gasteiger partial charge in [0.25, 0.3) is 5.91 Å². The summed E-state index contributed by atoms with van der Waals surface area (Å²) in [6.07, 6.45) is 0. The van der Waals surface area contributed by atoms with Crippen molar-refractivity contribution >= 4 is 23.2 Å². The standard InChI is InChI=1S/C13H15N3O3S/c1-13(2,12(18)19)7-14-11(17)9-6-8(15-16-9)10-4-3-5-20-10/h3-6H,7H2,1-2H3,(H,14,17)(H,15,16)(H,18,19). The molecule has 0 aliphatic rings. The highest BCUT2D eigenvalue weighted by Crippen LogP contribution is 2.23. The minimum absolute atomic E-state index is 0.0440. The number of carboxylic acids is 1. The molecule has 2 heterocycles. The highest BCUT2D eigenvalue weighted by Gasteiger charge is 2.28. The van der Waals surface area contributed by atoms with Crippen molar-refractivity contribution in [3.63, 3.8) is 0 Å². The molecule has 0 atom stereocenters.